The van der Waals surface area contributed by atoms with E-state index >= 15 is 0 Å². The number of rotatable bonds is 11. The van der Waals surface area contributed by atoms with Gasteiger partial charge in [-0.2, -0.15) is 0 Å². The van der Waals surface area contributed by atoms with Gasteiger partial charge >= 0.3 is 12.1 Å². The van der Waals surface area contributed by atoms with E-state index in [-0.39, 0.29) is 5.91 Å². The molecule has 2 atom stereocenters. The maximum absolute atomic E-state index is 13.3. The highest BCUT2D eigenvalue weighted by atomic mass is 16.5. The molecule has 0 saturated carbocycles. The summed E-state index contributed by atoms with van der Waals surface area (Å²) in [6.07, 6.45) is 6.40. The predicted octanol–water partition coefficient (Wildman–Crippen LogP) is 7.56. The van der Waals surface area contributed by atoms with Crippen molar-refractivity contribution in [2.45, 2.75) is 66.5 Å². The second kappa shape index (κ2) is 16.7. The molecule has 0 bridgehead atoms. The third-order valence-electron chi connectivity index (χ3n) is 10.9. The van der Waals surface area contributed by atoms with Gasteiger partial charge in [-0.1, -0.05) is 20.8 Å². The van der Waals surface area contributed by atoms with E-state index in [1.54, 1.807) is 82.0 Å². The minimum Gasteiger partial charge on any atom is -0.455 e. The van der Waals surface area contributed by atoms with Gasteiger partial charge in [0, 0.05) is 72.9 Å². The number of carbonyl (C=O) groups excluding carboxylic acids is 3. The van der Waals surface area contributed by atoms with Gasteiger partial charge in [-0.25, -0.2) is 24.5 Å². The SMILES string of the molecule is CNc1cc(Oc2ccc(NC(=O)N3CCC(C)(CCc4cc(-c5cc(Oc6ccc(NC(=O)N7CCC(C)(C)C7=O)nc6C)ccn5)ccn4)C3O)nc2C)ccn1. The first-order valence-electron chi connectivity index (χ1n) is 19.5. The molecule has 7 rings (SSSR count). The van der Waals surface area contributed by atoms with Crippen molar-refractivity contribution in [1.29, 1.82) is 0 Å². The Balaban J connectivity index is 0.935. The summed E-state index contributed by atoms with van der Waals surface area (Å²) < 4.78 is 12.2. The van der Waals surface area contributed by atoms with Crippen molar-refractivity contribution in [2.75, 3.05) is 36.1 Å². The summed E-state index contributed by atoms with van der Waals surface area (Å²) in [5, 5.41) is 19.9. The number of likely N-dealkylation sites (tertiary alicyclic amines) is 2. The quantitative estimate of drug-likeness (QED) is 0.102. The number of imide groups is 1. The van der Waals surface area contributed by atoms with Gasteiger partial charge in [-0.3, -0.25) is 35.2 Å². The molecule has 16 nitrogen and oxygen atoms in total. The van der Waals surface area contributed by atoms with Gasteiger partial charge in [-0.05, 0) is 88.1 Å². The number of amides is 5. The number of hydrogen-bond donors (Lipinski definition) is 4. The minimum absolute atomic E-state index is 0.206. The zero-order valence-electron chi connectivity index (χ0n) is 33.9. The highest BCUT2D eigenvalue weighted by Gasteiger charge is 2.45. The molecule has 5 aromatic rings. The second-order valence-corrected chi connectivity index (χ2v) is 15.7. The van der Waals surface area contributed by atoms with Crippen molar-refractivity contribution in [2.24, 2.45) is 10.8 Å². The molecule has 7 heterocycles. The maximum atomic E-state index is 13.3. The summed E-state index contributed by atoms with van der Waals surface area (Å²) in [5.41, 5.74) is 2.35. The van der Waals surface area contributed by atoms with Crippen molar-refractivity contribution in [3.8, 4) is 34.3 Å². The van der Waals surface area contributed by atoms with E-state index < -0.39 is 29.1 Å². The molecule has 2 aliphatic heterocycles. The summed E-state index contributed by atoms with van der Waals surface area (Å²) in [5.74, 6) is 3.32. The normalized spacial score (nSPS) is 18.4. The molecule has 0 radical (unpaired) electrons. The zero-order valence-corrected chi connectivity index (χ0v) is 33.9. The molecule has 4 N–H and O–H groups in total. The predicted molar refractivity (Wildman–Crippen MR) is 221 cm³/mol. The Hall–Kier alpha value is -6.68. The van der Waals surface area contributed by atoms with E-state index in [1.807, 2.05) is 39.0 Å². The number of hydrogen-bond acceptors (Lipinski definition) is 12. The summed E-state index contributed by atoms with van der Waals surface area (Å²) in [6.45, 7) is 9.97. The zero-order chi connectivity index (χ0) is 41.9. The second-order valence-electron chi connectivity index (χ2n) is 15.7. The Morgan fingerprint density at radius 1 is 0.780 bits per heavy atom. The standard InChI is InChI=1S/C43H48N10O6/c1-26-33(7-9-35(48-26)50-40(56)52-21-16-42(3,4)38(52)54)58-30-13-19-46-32(24-30)28-12-18-45-29(23-28)11-15-43(5)17-22-53(39(43)55)41(57)51-36-10-8-34(27(2)49-36)59-31-14-20-47-37(25-31)44-6/h7-10,12-14,18-20,23-25,39,55H,11,15-17,21-22H2,1-6H3,(H,44,47)(H,48,50,56)(H,49,51,57). The maximum Gasteiger partial charge on any atom is 0.329 e. The Morgan fingerprint density at radius 3 is 2.03 bits per heavy atom. The topological polar surface area (TPSA) is 197 Å². The fourth-order valence-electron chi connectivity index (χ4n) is 7.12. The number of pyridine rings is 5. The van der Waals surface area contributed by atoms with Crippen LogP contribution in [0, 0.1) is 24.7 Å². The van der Waals surface area contributed by atoms with Crippen molar-refractivity contribution < 1.29 is 29.0 Å². The van der Waals surface area contributed by atoms with Crippen LogP contribution in [0.4, 0.5) is 27.0 Å². The number of ether oxygens (including phenoxy) is 2. The highest BCUT2D eigenvalue weighted by molar-refractivity contribution is 6.03. The van der Waals surface area contributed by atoms with Gasteiger partial charge in [0.1, 0.15) is 46.7 Å². The first-order valence-corrected chi connectivity index (χ1v) is 19.5. The van der Waals surface area contributed by atoms with Crippen molar-refractivity contribution in [1.82, 2.24) is 34.7 Å². The number of nitrogens with zero attached hydrogens (tertiary/aromatic N) is 7. The summed E-state index contributed by atoms with van der Waals surface area (Å²) >= 11 is 0. The number of anilines is 3. The van der Waals surface area contributed by atoms with Gasteiger partial charge in [0.15, 0.2) is 0 Å². The molecule has 16 heteroatoms. The molecule has 0 aliphatic carbocycles. The largest absolute Gasteiger partial charge is 0.455 e. The van der Waals surface area contributed by atoms with E-state index in [2.05, 4.69) is 40.9 Å². The lowest BCUT2D eigenvalue weighted by atomic mass is 9.82. The third kappa shape index (κ3) is 9.07. The van der Waals surface area contributed by atoms with Gasteiger partial charge in [-0.15, -0.1) is 0 Å². The molecule has 0 aromatic carbocycles. The molecule has 5 amide bonds. The Bertz CT molecular complexity index is 2390. The lowest BCUT2D eigenvalue weighted by Gasteiger charge is -2.31. The van der Waals surface area contributed by atoms with Crippen LogP contribution >= 0.6 is 0 Å². The molecule has 2 unspecified atom stereocenters. The van der Waals surface area contributed by atoms with Gasteiger partial charge < -0.3 is 19.9 Å². The smallest absolute Gasteiger partial charge is 0.329 e. The van der Waals surface area contributed by atoms with Crippen LogP contribution < -0.4 is 25.4 Å². The average molecular weight is 801 g/mol. The minimum atomic E-state index is -1.01. The molecule has 59 heavy (non-hydrogen) atoms. The number of aliphatic hydroxyl groups excluding tert-OH is 1. The van der Waals surface area contributed by atoms with Crippen LogP contribution in [0.5, 0.6) is 23.0 Å². The molecule has 5 aromatic heterocycles. The van der Waals surface area contributed by atoms with Gasteiger partial charge in [0.2, 0.25) is 5.91 Å². The molecule has 2 saturated heterocycles. The van der Waals surface area contributed by atoms with E-state index in [1.165, 1.54) is 9.80 Å². The lowest BCUT2D eigenvalue weighted by molar-refractivity contribution is -0.131. The van der Waals surface area contributed by atoms with Crippen LogP contribution in [0.25, 0.3) is 11.3 Å². The van der Waals surface area contributed by atoms with E-state index in [0.717, 1.165) is 11.3 Å². The monoisotopic (exact) mass is 800 g/mol. The Labute approximate surface area is 342 Å². The van der Waals surface area contributed by atoms with Crippen LogP contribution in [0.3, 0.4) is 0 Å². The third-order valence-corrected chi connectivity index (χ3v) is 10.9. The first kappa shape index (κ1) is 40.5. The number of aliphatic hydroxyl groups is 1. The van der Waals surface area contributed by atoms with Crippen molar-refractivity contribution >= 4 is 35.4 Å². The molecule has 2 aliphatic rings. The average Bonchev–Trinajstić information content (AvgIpc) is 3.68. The number of aromatic nitrogens is 5. The van der Waals surface area contributed by atoms with Crippen LogP contribution in [0.15, 0.2) is 79.3 Å². The van der Waals surface area contributed by atoms with Gasteiger partial charge in [0.05, 0.1) is 17.1 Å². The van der Waals surface area contributed by atoms with Crippen LogP contribution in [0.1, 0.15) is 57.1 Å². The first-order chi connectivity index (χ1) is 28.2. The molecular weight excluding hydrogens is 753 g/mol. The molecule has 306 valence electrons. The number of urea groups is 2. The van der Waals surface area contributed by atoms with E-state index in [0.29, 0.717) is 96.3 Å². The fraction of sp³-hybridized carbons (Fsp3) is 0.349. The van der Waals surface area contributed by atoms with Crippen LogP contribution in [0.2, 0.25) is 0 Å². The molecule has 2 fully saturated rings. The summed E-state index contributed by atoms with van der Waals surface area (Å²) in [6, 6.07) is 16.8. The van der Waals surface area contributed by atoms with Crippen molar-refractivity contribution in [3.05, 3.63) is 96.3 Å². The molecular formula is C43H48N10O6. The fourth-order valence-corrected chi connectivity index (χ4v) is 7.12. The van der Waals surface area contributed by atoms with Crippen LogP contribution in [-0.4, -0.2) is 84.2 Å². The van der Waals surface area contributed by atoms with E-state index in [9.17, 15) is 19.5 Å². The highest BCUT2D eigenvalue weighted by Crippen LogP contribution is 2.40. The lowest BCUT2D eigenvalue weighted by Crippen LogP contribution is -2.44. The summed E-state index contributed by atoms with van der Waals surface area (Å²) in [4.78, 5) is 63.7. The number of nitrogens with one attached hydrogen (secondary N) is 3. The molecule has 0 spiro atoms. The van der Waals surface area contributed by atoms with Gasteiger partial charge in [0.25, 0.3) is 0 Å². The summed E-state index contributed by atoms with van der Waals surface area (Å²) in [7, 11) is 1.78. The van der Waals surface area contributed by atoms with Crippen molar-refractivity contribution in [3.63, 3.8) is 0 Å². The van der Waals surface area contributed by atoms with E-state index in [4.69, 9.17) is 9.47 Å². The number of aryl methyl sites for hydroxylation is 3. The van der Waals surface area contributed by atoms with Crippen LogP contribution in [-0.2, 0) is 11.2 Å². The number of carbonyl (C=O) groups is 3. The Kier molecular flexibility index (Phi) is 11.4. The Morgan fingerprint density at radius 2 is 1.41 bits per heavy atom.